The van der Waals surface area contributed by atoms with Gasteiger partial charge in [-0.2, -0.15) is 0 Å². The van der Waals surface area contributed by atoms with E-state index in [-0.39, 0.29) is 0 Å². The van der Waals surface area contributed by atoms with E-state index in [4.69, 9.17) is 5.73 Å². The van der Waals surface area contributed by atoms with Crippen molar-refractivity contribution in [2.45, 2.75) is 0 Å². The Balaban J connectivity index is 2.38. The van der Waals surface area contributed by atoms with Gasteiger partial charge in [0.25, 0.3) is 0 Å². The maximum absolute atomic E-state index is 5.76. The summed E-state index contributed by atoms with van der Waals surface area (Å²) in [6.45, 7) is 0. The number of nitrogens with two attached hydrogens (primary N) is 1. The number of nitrogens with one attached hydrogen (secondary N) is 1. The van der Waals surface area contributed by atoms with Crippen LogP contribution in [0, 0.1) is 0 Å². The second kappa shape index (κ2) is 4.84. The van der Waals surface area contributed by atoms with E-state index in [2.05, 4.69) is 42.2 Å². The summed E-state index contributed by atoms with van der Waals surface area (Å²) < 4.78 is 1.93. The lowest BCUT2D eigenvalue weighted by Gasteiger charge is -2.11. The molecule has 0 aliphatic carbocycles. The smallest absolute Gasteiger partial charge is 0.147 e. The number of para-hydroxylation sites is 1. The number of anilines is 3. The van der Waals surface area contributed by atoms with Crippen LogP contribution in [-0.4, -0.2) is 4.98 Å². The average molecular weight is 343 g/mol. The Morgan fingerprint density at radius 1 is 1.06 bits per heavy atom. The topological polar surface area (TPSA) is 50.9 Å². The number of hydrogen-bond acceptors (Lipinski definition) is 3. The zero-order chi connectivity index (χ0) is 11.5. The van der Waals surface area contributed by atoms with Crippen LogP contribution in [0.25, 0.3) is 0 Å². The number of rotatable bonds is 2. The second-order valence-corrected chi connectivity index (χ2v) is 4.87. The Morgan fingerprint density at radius 2 is 1.75 bits per heavy atom. The largest absolute Gasteiger partial charge is 0.382 e. The second-order valence-electron chi connectivity index (χ2n) is 3.16. The SMILES string of the molecule is Nc1ncccc1Nc1c(Br)cccc1Br. The van der Waals surface area contributed by atoms with Crippen LogP contribution >= 0.6 is 31.9 Å². The summed E-state index contributed by atoms with van der Waals surface area (Å²) in [5, 5.41) is 3.23. The molecule has 0 amide bonds. The van der Waals surface area contributed by atoms with Crippen LogP contribution in [0.3, 0.4) is 0 Å². The van der Waals surface area contributed by atoms with E-state index in [9.17, 15) is 0 Å². The molecule has 2 rings (SSSR count). The molecular weight excluding hydrogens is 334 g/mol. The van der Waals surface area contributed by atoms with Gasteiger partial charge in [0.2, 0.25) is 0 Å². The van der Waals surface area contributed by atoms with Gasteiger partial charge in [0.1, 0.15) is 5.82 Å². The molecule has 0 fully saturated rings. The van der Waals surface area contributed by atoms with Crippen molar-refractivity contribution in [1.82, 2.24) is 4.98 Å². The summed E-state index contributed by atoms with van der Waals surface area (Å²) >= 11 is 6.95. The van der Waals surface area contributed by atoms with Gasteiger partial charge in [-0.3, -0.25) is 0 Å². The zero-order valence-corrected chi connectivity index (χ0v) is 11.4. The first-order valence-electron chi connectivity index (χ1n) is 4.60. The first-order valence-corrected chi connectivity index (χ1v) is 6.18. The minimum Gasteiger partial charge on any atom is -0.382 e. The van der Waals surface area contributed by atoms with Gasteiger partial charge < -0.3 is 11.1 Å². The summed E-state index contributed by atoms with van der Waals surface area (Å²) in [5.74, 6) is 0.477. The van der Waals surface area contributed by atoms with Gasteiger partial charge in [-0.15, -0.1) is 0 Å². The van der Waals surface area contributed by atoms with Crippen molar-refractivity contribution in [3.05, 3.63) is 45.5 Å². The van der Waals surface area contributed by atoms with E-state index < -0.39 is 0 Å². The first kappa shape index (κ1) is 11.4. The molecule has 0 saturated heterocycles. The third-order valence-electron chi connectivity index (χ3n) is 2.06. The van der Waals surface area contributed by atoms with Crippen LogP contribution in [0.1, 0.15) is 0 Å². The quantitative estimate of drug-likeness (QED) is 0.869. The summed E-state index contributed by atoms with van der Waals surface area (Å²) in [4.78, 5) is 4.02. The zero-order valence-electron chi connectivity index (χ0n) is 8.24. The van der Waals surface area contributed by atoms with Gasteiger partial charge >= 0.3 is 0 Å². The van der Waals surface area contributed by atoms with Gasteiger partial charge in [-0.25, -0.2) is 4.98 Å². The number of benzene rings is 1. The molecule has 0 atom stereocenters. The monoisotopic (exact) mass is 341 g/mol. The molecule has 0 radical (unpaired) electrons. The summed E-state index contributed by atoms with van der Waals surface area (Å²) in [7, 11) is 0. The fourth-order valence-electron chi connectivity index (χ4n) is 1.28. The number of aromatic nitrogens is 1. The van der Waals surface area contributed by atoms with E-state index in [1.165, 1.54) is 0 Å². The predicted molar refractivity (Wildman–Crippen MR) is 73.8 cm³/mol. The molecule has 0 unspecified atom stereocenters. The molecular formula is C11H9Br2N3. The number of halogens is 2. The predicted octanol–water partition coefficient (Wildman–Crippen LogP) is 3.93. The lowest BCUT2D eigenvalue weighted by Crippen LogP contribution is -1.99. The highest BCUT2D eigenvalue weighted by Gasteiger charge is 2.06. The molecule has 1 heterocycles. The Hall–Kier alpha value is -1.07. The molecule has 3 nitrogen and oxygen atoms in total. The molecule has 3 N–H and O–H groups in total. The van der Waals surface area contributed by atoms with Crippen LogP contribution in [0.15, 0.2) is 45.5 Å². The summed E-state index contributed by atoms with van der Waals surface area (Å²) in [6.07, 6.45) is 1.66. The fraction of sp³-hybridized carbons (Fsp3) is 0. The molecule has 82 valence electrons. The standard InChI is InChI=1S/C11H9Br2N3/c12-7-3-1-4-8(13)10(7)16-9-5-2-6-15-11(9)14/h1-6,16H,(H2,14,15). The van der Waals surface area contributed by atoms with Gasteiger partial charge in [0.05, 0.1) is 11.4 Å². The van der Waals surface area contributed by atoms with E-state index in [0.29, 0.717) is 5.82 Å². The third kappa shape index (κ3) is 2.36. The van der Waals surface area contributed by atoms with Gasteiger partial charge in [-0.1, -0.05) is 6.07 Å². The highest BCUT2D eigenvalue weighted by Crippen LogP contribution is 2.33. The Morgan fingerprint density at radius 3 is 2.38 bits per heavy atom. The number of pyridine rings is 1. The lowest BCUT2D eigenvalue weighted by atomic mass is 10.3. The minimum atomic E-state index is 0.477. The highest BCUT2D eigenvalue weighted by atomic mass is 79.9. The van der Waals surface area contributed by atoms with Crippen molar-refractivity contribution in [3.8, 4) is 0 Å². The lowest BCUT2D eigenvalue weighted by molar-refractivity contribution is 1.33. The molecule has 0 aliphatic rings. The van der Waals surface area contributed by atoms with Crippen molar-refractivity contribution < 1.29 is 0 Å². The van der Waals surface area contributed by atoms with Crippen molar-refractivity contribution in [2.75, 3.05) is 11.1 Å². The molecule has 0 spiro atoms. The van der Waals surface area contributed by atoms with Crippen LogP contribution < -0.4 is 11.1 Å². The van der Waals surface area contributed by atoms with E-state index >= 15 is 0 Å². The molecule has 0 bridgehead atoms. The van der Waals surface area contributed by atoms with Crippen molar-refractivity contribution in [1.29, 1.82) is 0 Å². The first-order chi connectivity index (χ1) is 7.68. The van der Waals surface area contributed by atoms with Crippen LogP contribution in [0.4, 0.5) is 17.2 Å². The number of nitrogen functional groups attached to an aromatic ring is 1. The Kier molecular flexibility index (Phi) is 3.46. The van der Waals surface area contributed by atoms with E-state index in [0.717, 1.165) is 20.3 Å². The van der Waals surface area contributed by atoms with Crippen molar-refractivity contribution in [2.24, 2.45) is 0 Å². The van der Waals surface area contributed by atoms with Crippen LogP contribution in [0.5, 0.6) is 0 Å². The summed E-state index contributed by atoms with van der Waals surface area (Å²) in [5.41, 5.74) is 7.48. The molecule has 16 heavy (non-hydrogen) atoms. The van der Waals surface area contributed by atoms with Crippen molar-refractivity contribution in [3.63, 3.8) is 0 Å². The Bertz CT molecular complexity index is 494. The van der Waals surface area contributed by atoms with E-state index in [1.807, 2.05) is 30.3 Å². The van der Waals surface area contributed by atoms with Gasteiger partial charge in [0.15, 0.2) is 0 Å². The average Bonchev–Trinajstić information content (AvgIpc) is 2.26. The molecule has 2 aromatic rings. The highest BCUT2D eigenvalue weighted by molar-refractivity contribution is 9.11. The van der Waals surface area contributed by atoms with Crippen LogP contribution in [-0.2, 0) is 0 Å². The van der Waals surface area contributed by atoms with Gasteiger partial charge in [-0.05, 0) is 56.1 Å². The number of nitrogens with zero attached hydrogens (tertiary/aromatic N) is 1. The summed E-state index contributed by atoms with van der Waals surface area (Å²) in [6, 6.07) is 9.59. The normalized spacial score (nSPS) is 10.1. The van der Waals surface area contributed by atoms with Crippen molar-refractivity contribution >= 4 is 49.1 Å². The van der Waals surface area contributed by atoms with Crippen LogP contribution in [0.2, 0.25) is 0 Å². The number of hydrogen-bond donors (Lipinski definition) is 2. The molecule has 1 aromatic carbocycles. The molecule has 5 heteroatoms. The maximum atomic E-state index is 5.76. The fourth-order valence-corrected chi connectivity index (χ4v) is 2.47. The molecule has 1 aromatic heterocycles. The third-order valence-corrected chi connectivity index (χ3v) is 3.38. The Labute approximate surface area is 110 Å². The van der Waals surface area contributed by atoms with Gasteiger partial charge in [0, 0.05) is 15.1 Å². The van der Waals surface area contributed by atoms with E-state index in [1.54, 1.807) is 6.20 Å². The molecule has 0 aliphatic heterocycles. The maximum Gasteiger partial charge on any atom is 0.147 e. The molecule has 0 saturated carbocycles. The minimum absolute atomic E-state index is 0.477.